The van der Waals surface area contributed by atoms with Crippen molar-refractivity contribution in [1.29, 1.82) is 0 Å². The van der Waals surface area contributed by atoms with E-state index in [1.807, 2.05) is 24.3 Å². The Labute approximate surface area is 135 Å². The van der Waals surface area contributed by atoms with Gasteiger partial charge in [0.05, 0.1) is 10.7 Å². The first kappa shape index (κ1) is 16.3. The van der Waals surface area contributed by atoms with E-state index in [1.165, 1.54) is 0 Å². The molecule has 0 radical (unpaired) electrons. The van der Waals surface area contributed by atoms with Gasteiger partial charge < -0.3 is 10.6 Å². The number of nitrogens with zero attached hydrogens (tertiary/aromatic N) is 1. The van der Waals surface area contributed by atoms with Gasteiger partial charge in [0.2, 0.25) is 0 Å². The number of para-hydroxylation sites is 1. The van der Waals surface area contributed by atoms with Gasteiger partial charge in [-0.3, -0.25) is 9.78 Å². The second kappa shape index (κ2) is 8.39. The Bertz CT molecular complexity index is 631. The summed E-state index contributed by atoms with van der Waals surface area (Å²) in [5.74, 6) is -0.154. The molecule has 0 atom stereocenters. The number of carbonyl (C=O) groups excluding carboxylic acids is 1. The predicted octanol–water partition coefficient (Wildman–Crippen LogP) is 4.40. The molecular formula is C17H20ClN3O. The minimum Gasteiger partial charge on any atom is -0.354 e. The van der Waals surface area contributed by atoms with Crippen molar-refractivity contribution in [3.63, 3.8) is 0 Å². The zero-order valence-electron chi connectivity index (χ0n) is 12.6. The summed E-state index contributed by atoms with van der Waals surface area (Å²) < 4.78 is 0. The summed E-state index contributed by atoms with van der Waals surface area (Å²) in [6, 6.07) is 11.0. The van der Waals surface area contributed by atoms with E-state index in [2.05, 4.69) is 22.5 Å². The fourth-order valence-electron chi connectivity index (χ4n) is 2.02. The molecule has 22 heavy (non-hydrogen) atoms. The smallest absolute Gasteiger partial charge is 0.269 e. The zero-order valence-corrected chi connectivity index (χ0v) is 13.4. The van der Waals surface area contributed by atoms with E-state index in [1.54, 1.807) is 18.3 Å². The summed E-state index contributed by atoms with van der Waals surface area (Å²) in [5.41, 5.74) is 1.97. The summed E-state index contributed by atoms with van der Waals surface area (Å²) in [6.07, 6.45) is 4.84. The first-order valence-corrected chi connectivity index (χ1v) is 7.84. The second-order valence-electron chi connectivity index (χ2n) is 5.00. The maximum Gasteiger partial charge on any atom is 0.269 e. The minimum atomic E-state index is -0.154. The van der Waals surface area contributed by atoms with Crippen LogP contribution in [-0.4, -0.2) is 17.4 Å². The van der Waals surface area contributed by atoms with Crippen LogP contribution in [-0.2, 0) is 0 Å². The quantitative estimate of drug-likeness (QED) is 0.744. The van der Waals surface area contributed by atoms with Gasteiger partial charge in [0.1, 0.15) is 5.69 Å². The summed E-state index contributed by atoms with van der Waals surface area (Å²) >= 11 is 6.12. The second-order valence-corrected chi connectivity index (χ2v) is 5.40. The Hall–Kier alpha value is -2.07. The number of rotatable bonds is 7. The summed E-state index contributed by atoms with van der Waals surface area (Å²) in [5, 5.41) is 6.70. The van der Waals surface area contributed by atoms with E-state index in [0.717, 1.165) is 30.6 Å². The van der Waals surface area contributed by atoms with Crippen LogP contribution in [0.5, 0.6) is 0 Å². The number of pyridine rings is 1. The van der Waals surface area contributed by atoms with E-state index in [-0.39, 0.29) is 5.91 Å². The number of amides is 1. The molecule has 0 aliphatic rings. The third kappa shape index (κ3) is 4.74. The van der Waals surface area contributed by atoms with Crippen LogP contribution in [0.25, 0.3) is 0 Å². The number of unbranched alkanes of at least 4 members (excludes halogenated alkanes) is 2. The number of hydrogen-bond donors (Lipinski definition) is 2. The number of hydrogen-bond acceptors (Lipinski definition) is 3. The Morgan fingerprint density at radius 2 is 2.05 bits per heavy atom. The van der Waals surface area contributed by atoms with Gasteiger partial charge in [-0.25, -0.2) is 0 Å². The monoisotopic (exact) mass is 317 g/mol. The average molecular weight is 318 g/mol. The molecule has 116 valence electrons. The number of halogens is 1. The molecule has 0 fully saturated rings. The molecule has 5 heteroatoms. The van der Waals surface area contributed by atoms with Gasteiger partial charge >= 0.3 is 0 Å². The van der Waals surface area contributed by atoms with Crippen LogP contribution < -0.4 is 10.6 Å². The van der Waals surface area contributed by atoms with E-state index in [4.69, 9.17) is 11.6 Å². The number of carbonyl (C=O) groups is 1. The van der Waals surface area contributed by atoms with Crippen molar-refractivity contribution in [2.24, 2.45) is 0 Å². The first-order valence-electron chi connectivity index (χ1n) is 7.46. The van der Waals surface area contributed by atoms with Crippen LogP contribution >= 0.6 is 11.6 Å². The third-order valence-electron chi connectivity index (χ3n) is 3.21. The van der Waals surface area contributed by atoms with E-state index in [0.29, 0.717) is 17.3 Å². The van der Waals surface area contributed by atoms with E-state index < -0.39 is 0 Å². The van der Waals surface area contributed by atoms with Crippen molar-refractivity contribution in [3.8, 4) is 0 Å². The van der Waals surface area contributed by atoms with E-state index in [9.17, 15) is 4.79 Å². The van der Waals surface area contributed by atoms with Gasteiger partial charge in [0.25, 0.3) is 5.91 Å². The SMILES string of the molecule is CCCCCNC(=O)c1cc(Nc2ccccc2Cl)ccn1. The van der Waals surface area contributed by atoms with Gasteiger partial charge in [-0.15, -0.1) is 0 Å². The molecular weight excluding hydrogens is 298 g/mol. The third-order valence-corrected chi connectivity index (χ3v) is 3.54. The topological polar surface area (TPSA) is 54.0 Å². The normalized spacial score (nSPS) is 10.3. The first-order chi connectivity index (χ1) is 10.7. The van der Waals surface area contributed by atoms with Crippen LogP contribution in [0, 0.1) is 0 Å². The molecule has 1 aromatic carbocycles. The number of nitrogens with one attached hydrogen (secondary N) is 2. The lowest BCUT2D eigenvalue weighted by Crippen LogP contribution is -2.25. The molecule has 2 aromatic rings. The standard InChI is InChI=1S/C17H20ClN3O/c1-2-3-6-10-20-17(22)16-12-13(9-11-19-16)21-15-8-5-4-7-14(15)18/h4-5,7-9,11-12H,2-3,6,10H2,1H3,(H,19,21)(H,20,22). The molecule has 2 rings (SSSR count). The van der Waals surface area contributed by atoms with Crippen molar-refractivity contribution in [2.75, 3.05) is 11.9 Å². The minimum absolute atomic E-state index is 0.154. The molecule has 0 saturated heterocycles. The van der Waals surface area contributed by atoms with Crippen molar-refractivity contribution >= 4 is 28.9 Å². The molecule has 0 bridgehead atoms. The lowest BCUT2D eigenvalue weighted by molar-refractivity contribution is 0.0948. The van der Waals surface area contributed by atoms with Crippen LogP contribution in [0.15, 0.2) is 42.6 Å². The lowest BCUT2D eigenvalue weighted by Gasteiger charge is -2.09. The molecule has 0 aliphatic heterocycles. The van der Waals surface area contributed by atoms with Gasteiger partial charge in [-0.05, 0) is 30.7 Å². The van der Waals surface area contributed by atoms with Gasteiger partial charge in [0.15, 0.2) is 0 Å². The highest BCUT2D eigenvalue weighted by molar-refractivity contribution is 6.33. The molecule has 0 unspecified atom stereocenters. The van der Waals surface area contributed by atoms with Crippen molar-refractivity contribution in [1.82, 2.24) is 10.3 Å². The van der Waals surface area contributed by atoms with Crippen molar-refractivity contribution in [3.05, 3.63) is 53.3 Å². The molecule has 2 N–H and O–H groups in total. The van der Waals surface area contributed by atoms with Crippen molar-refractivity contribution < 1.29 is 4.79 Å². The number of aromatic nitrogens is 1. The van der Waals surface area contributed by atoms with Crippen LogP contribution in [0.4, 0.5) is 11.4 Å². The van der Waals surface area contributed by atoms with Gasteiger partial charge in [0, 0.05) is 18.4 Å². The van der Waals surface area contributed by atoms with Crippen LogP contribution in [0.3, 0.4) is 0 Å². The fourth-order valence-corrected chi connectivity index (χ4v) is 2.20. The maximum atomic E-state index is 12.1. The predicted molar refractivity (Wildman–Crippen MR) is 90.8 cm³/mol. The lowest BCUT2D eigenvalue weighted by atomic mass is 10.2. The number of benzene rings is 1. The van der Waals surface area contributed by atoms with E-state index >= 15 is 0 Å². The molecule has 0 aliphatic carbocycles. The molecule has 0 saturated carbocycles. The maximum absolute atomic E-state index is 12.1. The molecule has 1 amide bonds. The summed E-state index contributed by atoms with van der Waals surface area (Å²) in [4.78, 5) is 16.2. The highest BCUT2D eigenvalue weighted by Crippen LogP contribution is 2.24. The van der Waals surface area contributed by atoms with Gasteiger partial charge in [-0.1, -0.05) is 43.5 Å². The Morgan fingerprint density at radius 3 is 2.82 bits per heavy atom. The summed E-state index contributed by atoms with van der Waals surface area (Å²) in [6.45, 7) is 2.81. The molecule has 1 heterocycles. The zero-order chi connectivity index (χ0) is 15.8. The largest absolute Gasteiger partial charge is 0.354 e. The molecule has 0 spiro atoms. The van der Waals surface area contributed by atoms with Gasteiger partial charge in [-0.2, -0.15) is 0 Å². The van der Waals surface area contributed by atoms with Crippen LogP contribution in [0.1, 0.15) is 36.7 Å². The highest BCUT2D eigenvalue weighted by Gasteiger charge is 2.08. The van der Waals surface area contributed by atoms with Crippen LogP contribution in [0.2, 0.25) is 5.02 Å². The van der Waals surface area contributed by atoms with Crippen molar-refractivity contribution in [2.45, 2.75) is 26.2 Å². The highest BCUT2D eigenvalue weighted by atomic mass is 35.5. The molecule has 4 nitrogen and oxygen atoms in total. The fraction of sp³-hybridized carbons (Fsp3) is 0.294. The Kier molecular flexibility index (Phi) is 6.22. The molecule has 1 aromatic heterocycles. The Balaban J connectivity index is 2.00. The summed E-state index contributed by atoms with van der Waals surface area (Å²) in [7, 11) is 0. The Morgan fingerprint density at radius 1 is 1.23 bits per heavy atom. The average Bonchev–Trinajstić information content (AvgIpc) is 2.54. The number of anilines is 2.